The van der Waals surface area contributed by atoms with E-state index in [-0.39, 0.29) is 17.8 Å². The molecule has 1 aromatic rings. The molecule has 0 bridgehead atoms. The summed E-state index contributed by atoms with van der Waals surface area (Å²) in [6.07, 6.45) is 1.87. The average molecular weight is 327 g/mol. The second-order valence-electron chi connectivity index (χ2n) is 5.80. The molecule has 1 atom stereocenters. The summed E-state index contributed by atoms with van der Waals surface area (Å²) in [6.45, 7) is 4.16. The van der Waals surface area contributed by atoms with Crippen LogP contribution in [0.4, 0.5) is 4.39 Å². The highest BCUT2D eigenvalue weighted by atomic mass is 35.5. The molecule has 1 aromatic carbocycles. The molecule has 1 unspecified atom stereocenters. The first-order chi connectivity index (χ1) is 10.6. The van der Waals surface area contributed by atoms with Crippen molar-refractivity contribution in [1.82, 2.24) is 9.80 Å². The van der Waals surface area contributed by atoms with E-state index in [9.17, 15) is 9.18 Å². The van der Waals surface area contributed by atoms with Crippen molar-refractivity contribution >= 4 is 17.5 Å². The van der Waals surface area contributed by atoms with Crippen LogP contribution in [0.5, 0.6) is 0 Å². The summed E-state index contributed by atoms with van der Waals surface area (Å²) in [7, 11) is 0. The first-order valence-corrected chi connectivity index (χ1v) is 8.07. The molecular weight excluding hydrogens is 307 g/mol. The summed E-state index contributed by atoms with van der Waals surface area (Å²) in [5.74, 6) is -0.210. The standard InChI is InChI=1S/C16H20ClFN2O2/c17-14-10-13(18)4-3-12(14)11-20-5-1-2-15(16(20)21)19-6-8-22-9-7-19/h3-4,10,15H,1-2,5-9,11H2. The van der Waals surface area contributed by atoms with Crippen LogP contribution >= 0.6 is 11.6 Å². The zero-order chi connectivity index (χ0) is 15.5. The van der Waals surface area contributed by atoms with Crippen LogP contribution in [-0.4, -0.2) is 54.6 Å². The molecule has 2 fully saturated rings. The molecule has 1 amide bonds. The summed E-state index contributed by atoms with van der Waals surface area (Å²) in [6, 6.07) is 4.28. The smallest absolute Gasteiger partial charge is 0.240 e. The summed E-state index contributed by atoms with van der Waals surface area (Å²) in [5, 5.41) is 0.376. The van der Waals surface area contributed by atoms with Gasteiger partial charge in [-0.25, -0.2) is 4.39 Å². The summed E-state index contributed by atoms with van der Waals surface area (Å²) in [5.41, 5.74) is 0.791. The molecule has 0 spiro atoms. The third kappa shape index (κ3) is 3.42. The predicted octanol–water partition coefficient (Wildman–Crippen LogP) is 2.30. The maximum atomic E-state index is 13.1. The Morgan fingerprint density at radius 3 is 2.77 bits per heavy atom. The number of morpholine rings is 1. The number of nitrogens with zero attached hydrogens (tertiary/aromatic N) is 2. The van der Waals surface area contributed by atoms with Gasteiger partial charge in [0.1, 0.15) is 5.82 Å². The van der Waals surface area contributed by atoms with Crippen molar-refractivity contribution in [3.8, 4) is 0 Å². The van der Waals surface area contributed by atoms with Gasteiger partial charge in [0.2, 0.25) is 5.91 Å². The van der Waals surface area contributed by atoms with Crippen LogP contribution in [0.2, 0.25) is 5.02 Å². The van der Waals surface area contributed by atoms with Gasteiger partial charge in [-0.2, -0.15) is 0 Å². The molecule has 0 radical (unpaired) electrons. The van der Waals surface area contributed by atoms with Crippen molar-refractivity contribution < 1.29 is 13.9 Å². The number of benzene rings is 1. The fraction of sp³-hybridized carbons (Fsp3) is 0.562. The largest absolute Gasteiger partial charge is 0.379 e. The summed E-state index contributed by atoms with van der Waals surface area (Å²) in [4.78, 5) is 16.8. The van der Waals surface area contributed by atoms with Crippen LogP contribution < -0.4 is 0 Å². The van der Waals surface area contributed by atoms with Gasteiger partial charge < -0.3 is 9.64 Å². The number of carbonyl (C=O) groups excluding carboxylic acids is 1. The third-order valence-corrected chi connectivity index (χ3v) is 4.72. The average Bonchev–Trinajstić information content (AvgIpc) is 2.53. The Hall–Kier alpha value is -1.17. The number of hydrogen-bond acceptors (Lipinski definition) is 3. The van der Waals surface area contributed by atoms with Crippen LogP contribution in [0, 0.1) is 5.82 Å². The molecule has 4 nitrogen and oxygen atoms in total. The Morgan fingerprint density at radius 1 is 1.27 bits per heavy atom. The van der Waals surface area contributed by atoms with Gasteiger partial charge in [0, 0.05) is 31.2 Å². The Morgan fingerprint density at radius 2 is 2.05 bits per heavy atom. The molecule has 3 rings (SSSR count). The normalized spacial score (nSPS) is 23.8. The summed E-state index contributed by atoms with van der Waals surface area (Å²) < 4.78 is 18.5. The molecule has 6 heteroatoms. The highest BCUT2D eigenvalue weighted by Crippen LogP contribution is 2.24. The molecule has 2 heterocycles. The molecule has 22 heavy (non-hydrogen) atoms. The molecule has 0 aromatic heterocycles. The van der Waals surface area contributed by atoms with Crippen LogP contribution in [0.3, 0.4) is 0 Å². The van der Waals surface area contributed by atoms with Crippen molar-refractivity contribution in [1.29, 1.82) is 0 Å². The third-order valence-electron chi connectivity index (χ3n) is 4.37. The first kappa shape index (κ1) is 15.7. The highest BCUT2D eigenvalue weighted by molar-refractivity contribution is 6.31. The van der Waals surface area contributed by atoms with Gasteiger partial charge in [-0.1, -0.05) is 17.7 Å². The van der Waals surface area contributed by atoms with Gasteiger partial charge in [-0.05, 0) is 30.5 Å². The second-order valence-corrected chi connectivity index (χ2v) is 6.21. The van der Waals surface area contributed by atoms with E-state index >= 15 is 0 Å². The van der Waals surface area contributed by atoms with E-state index in [0.29, 0.717) is 24.8 Å². The predicted molar refractivity (Wildman–Crippen MR) is 82.2 cm³/mol. The molecule has 0 N–H and O–H groups in total. The molecule has 2 aliphatic rings. The van der Waals surface area contributed by atoms with E-state index < -0.39 is 0 Å². The van der Waals surface area contributed by atoms with Gasteiger partial charge in [0.15, 0.2) is 0 Å². The molecule has 0 aliphatic carbocycles. The molecular formula is C16H20ClFN2O2. The van der Waals surface area contributed by atoms with E-state index in [1.807, 2.05) is 4.90 Å². The van der Waals surface area contributed by atoms with Crippen molar-refractivity contribution in [2.75, 3.05) is 32.8 Å². The Kier molecular flexibility index (Phi) is 4.96. The van der Waals surface area contributed by atoms with Crippen molar-refractivity contribution in [3.63, 3.8) is 0 Å². The van der Waals surface area contributed by atoms with E-state index in [0.717, 1.165) is 38.0 Å². The van der Waals surface area contributed by atoms with Gasteiger partial charge in [-0.3, -0.25) is 9.69 Å². The number of halogens is 2. The van der Waals surface area contributed by atoms with Crippen molar-refractivity contribution in [2.45, 2.75) is 25.4 Å². The van der Waals surface area contributed by atoms with E-state index in [1.165, 1.54) is 12.1 Å². The number of hydrogen-bond donors (Lipinski definition) is 0. The van der Waals surface area contributed by atoms with E-state index in [2.05, 4.69) is 4.90 Å². The number of ether oxygens (including phenoxy) is 1. The minimum atomic E-state index is -0.357. The lowest BCUT2D eigenvalue weighted by Gasteiger charge is -2.40. The Labute approximate surface area is 134 Å². The Bertz CT molecular complexity index is 549. The lowest BCUT2D eigenvalue weighted by molar-refractivity contribution is -0.142. The van der Waals surface area contributed by atoms with Crippen LogP contribution in [0.1, 0.15) is 18.4 Å². The maximum Gasteiger partial charge on any atom is 0.240 e. The maximum absolute atomic E-state index is 13.1. The zero-order valence-electron chi connectivity index (χ0n) is 12.4. The van der Waals surface area contributed by atoms with Crippen LogP contribution in [0.15, 0.2) is 18.2 Å². The summed E-state index contributed by atoms with van der Waals surface area (Å²) >= 11 is 6.08. The zero-order valence-corrected chi connectivity index (χ0v) is 13.2. The minimum Gasteiger partial charge on any atom is -0.379 e. The quantitative estimate of drug-likeness (QED) is 0.854. The number of carbonyl (C=O) groups is 1. The van der Waals surface area contributed by atoms with Crippen LogP contribution in [-0.2, 0) is 16.1 Å². The number of amides is 1. The van der Waals surface area contributed by atoms with Gasteiger partial charge in [0.05, 0.1) is 19.3 Å². The monoisotopic (exact) mass is 326 g/mol. The SMILES string of the molecule is O=C1C(N2CCOCC2)CCCN1Cc1ccc(F)cc1Cl. The highest BCUT2D eigenvalue weighted by Gasteiger charge is 2.34. The van der Waals surface area contributed by atoms with Gasteiger partial charge in [0.25, 0.3) is 0 Å². The lowest BCUT2D eigenvalue weighted by Crippen LogP contribution is -2.54. The van der Waals surface area contributed by atoms with Gasteiger partial charge in [-0.15, -0.1) is 0 Å². The number of rotatable bonds is 3. The van der Waals surface area contributed by atoms with Crippen LogP contribution in [0.25, 0.3) is 0 Å². The fourth-order valence-electron chi connectivity index (χ4n) is 3.16. The van der Waals surface area contributed by atoms with Crippen molar-refractivity contribution in [3.05, 3.63) is 34.6 Å². The first-order valence-electron chi connectivity index (χ1n) is 7.69. The topological polar surface area (TPSA) is 32.8 Å². The Balaban J connectivity index is 1.69. The number of likely N-dealkylation sites (tertiary alicyclic amines) is 1. The minimum absolute atomic E-state index is 0.0585. The van der Waals surface area contributed by atoms with E-state index in [1.54, 1.807) is 6.07 Å². The van der Waals surface area contributed by atoms with E-state index in [4.69, 9.17) is 16.3 Å². The molecule has 0 saturated carbocycles. The fourth-order valence-corrected chi connectivity index (χ4v) is 3.39. The van der Waals surface area contributed by atoms with Gasteiger partial charge >= 0.3 is 0 Å². The lowest BCUT2D eigenvalue weighted by atomic mass is 10.0. The molecule has 2 aliphatic heterocycles. The second kappa shape index (κ2) is 6.94. The number of piperidine rings is 1. The van der Waals surface area contributed by atoms with Crippen molar-refractivity contribution in [2.24, 2.45) is 0 Å². The molecule has 120 valence electrons. The molecule has 2 saturated heterocycles.